The number of rotatable bonds is 5. The van der Waals surface area contributed by atoms with Crippen LogP contribution in [0.2, 0.25) is 0 Å². The molecule has 0 amide bonds. The van der Waals surface area contributed by atoms with E-state index in [1.165, 1.54) is 0 Å². The summed E-state index contributed by atoms with van der Waals surface area (Å²) in [6.07, 6.45) is 3.50. The summed E-state index contributed by atoms with van der Waals surface area (Å²) in [5, 5.41) is 0. The van der Waals surface area contributed by atoms with Gasteiger partial charge in [-0.3, -0.25) is 0 Å². The summed E-state index contributed by atoms with van der Waals surface area (Å²) in [5.74, 6) is 0.0972. The molecule has 0 N–H and O–H groups in total. The topological polar surface area (TPSA) is 64.4 Å². The first-order valence-corrected chi connectivity index (χ1v) is 9.58. The van der Waals surface area contributed by atoms with Gasteiger partial charge in [0.25, 0.3) is 0 Å². The lowest BCUT2D eigenvalue weighted by atomic mass is 10.1. The van der Waals surface area contributed by atoms with E-state index < -0.39 is 10.0 Å². The molecule has 0 fully saturated rings. The number of ether oxygens (including phenoxy) is 1. The second-order valence-electron chi connectivity index (χ2n) is 6.18. The number of aromatic nitrogens is 2. The van der Waals surface area contributed by atoms with E-state index in [0.717, 1.165) is 17.8 Å². The number of aryl methyl sites for hydroxylation is 1. The molecule has 0 bridgehead atoms. The molecule has 24 heavy (non-hydrogen) atoms. The highest BCUT2D eigenvalue weighted by Crippen LogP contribution is 2.24. The molecule has 0 spiro atoms. The summed E-state index contributed by atoms with van der Waals surface area (Å²) >= 11 is 0. The third-order valence-corrected chi connectivity index (χ3v) is 6.05. The Kier molecular flexibility index (Phi) is 5.03. The predicted octanol–water partition coefficient (Wildman–Crippen LogP) is 2.05. The highest BCUT2D eigenvalue weighted by Gasteiger charge is 2.31. The third kappa shape index (κ3) is 3.53. The van der Waals surface area contributed by atoms with Gasteiger partial charge in [-0.15, -0.1) is 0 Å². The van der Waals surface area contributed by atoms with E-state index >= 15 is 0 Å². The fourth-order valence-electron chi connectivity index (χ4n) is 3.01. The summed E-state index contributed by atoms with van der Waals surface area (Å²) < 4.78 is 35.3. The minimum absolute atomic E-state index is 0.0972. The Hall–Kier alpha value is -1.70. The molecule has 1 aliphatic heterocycles. The quantitative estimate of drug-likeness (QED) is 0.829. The van der Waals surface area contributed by atoms with Crippen molar-refractivity contribution in [1.29, 1.82) is 0 Å². The normalized spacial score (nSPS) is 19.0. The molecule has 130 valence electrons. The molecule has 1 aliphatic rings. The number of benzene rings is 1. The number of fused-ring (bicyclic) bond motifs is 1. The van der Waals surface area contributed by atoms with E-state index in [9.17, 15) is 8.42 Å². The number of sulfonamides is 1. The standard InChI is InChI=1S/C17H23N3O3S/c1-3-23-12-15-9-19-13-18-8-16(19)11-20(10-15)24(21,22)17-6-4-5-14(2)7-17/h4-8,13,15H,3,9-12H2,1-2H3/t15-/m1/s1. The van der Waals surface area contributed by atoms with Gasteiger partial charge in [0.05, 0.1) is 30.1 Å². The summed E-state index contributed by atoms with van der Waals surface area (Å²) in [6.45, 7) is 6.49. The smallest absolute Gasteiger partial charge is 0.243 e. The van der Waals surface area contributed by atoms with E-state index in [-0.39, 0.29) is 5.92 Å². The monoisotopic (exact) mass is 349 g/mol. The van der Waals surface area contributed by atoms with Gasteiger partial charge in [0.1, 0.15) is 0 Å². The van der Waals surface area contributed by atoms with Crippen LogP contribution in [0, 0.1) is 12.8 Å². The third-order valence-electron chi connectivity index (χ3n) is 4.24. The van der Waals surface area contributed by atoms with Gasteiger partial charge in [0.2, 0.25) is 10.0 Å². The van der Waals surface area contributed by atoms with Crippen LogP contribution in [0.3, 0.4) is 0 Å². The minimum atomic E-state index is -3.55. The second kappa shape index (κ2) is 7.04. The summed E-state index contributed by atoms with van der Waals surface area (Å²) in [7, 11) is -3.55. The molecule has 0 radical (unpaired) electrons. The molecule has 0 unspecified atom stereocenters. The summed E-state index contributed by atoms with van der Waals surface area (Å²) in [5.41, 5.74) is 1.84. The lowest BCUT2D eigenvalue weighted by Gasteiger charge is -2.23. The first-order valence-electron chi connectivity index (χ1n) is 8.14. The van der Waals surface area contributed by atoms with Gasteiger partial charge in [-0.25, -0.2) is 13.4 Å². The molecule has 0 saturated carbocycles. The first-order chi connectivity index (χ1) is 11.5. The molecule has 0 saturated heterocycles. The van der Waals surface area contributed by atoms with E-state index in [2.05, 4.69) is 4.98 Å². The van der Waals surface area contributed by atoms with Crippen LogP contribution in [0.25, 0.3) is 0 Å². The van der Waals surface area contributed by atoms with Crippen LogP contribution in [0.4, 0.5) is 0 Å². The first kappa shape index (κ1) is 17.1. The Morgan fingerprint density at radius 3 is 2.92 bits per heavy atom. The van der Waals surface area contributed by atoms with Crippen molar-refractivity contribution < 1.29 is 13.2 Å². The van der Waals surface area contributed by atoms with Crippen molar-refractivity contribution in [3.05, 3.63) is 48.0 Å². The molecule has 1 atom stereocenters. The van der Waals surface area contributed by atoms with Gasteiger partial charge < -0.3 is 9.30 Å². The molecule has 2 aromatic rings. The highest BCUT2D eigenvalue weighted by molar-refractivity contribution is 7.89. The Bertz CT molecular complexity index is 801. The molecule has 2 heterocycles. The predicted molar refractivity (Wildman–Crippen MR) is 91.0 cm³/mol. The second-order valence-corrected chi connectivity index (χ2v) is 8.11. The molecule has 0 aliphatic carbocycles. The van der Waals surface area contributed by atoms with Crippen molar-refractivity contribution in [2.24, 2.45) is 5.92 Å². The van der Waals surface area contributed by atoms with Crippen LogP contribution in [0.1, 0.15) is 18.2 Å². The van der Waals surface area contributed by atoms with Crippen molar-refractivity contribution in [3.63, 3.8) is 0 Å². The fourth-order valence-corrected chi connectivity index (χ4v) is 4.60. The van der Waals surface area contributed by atoms with Gasteiger partial charge >= 0.3 is 0 Å². The van der Waals surface area contributed by atoms with Crippen molar-refractivity contribution in [1.82, 2.24) is 13.9 Å². The SMILES string of the molecule is CCOC[C@H]1CN(S(=O)(=O)c2cccc(C)c2)Cc2cncn2C1. The van der Waals surface area contributed by atoms with Crippen LogP contribution >= 0.6 is 0 Å². The number of hydrogen-bond donors (Lipinski definition) is 0. The lowest BCUT2D eigenvalue weighted by molar-refractivity contribution is 0.0978. The molecular weight excluding hydrogens is 326 g/mol. The zero-order chi connectivity index (χ0) is 17.2. The highest BCUT2D eigenvalue weighted by atomic mass is 32.2. The number of imidazole rings is 1. The average Bonchev–Trinajstić information content (AvgIpc) is 2.90. The molecular formula is C17H23N3O3S. The maximum absolute atomic E-state index is 13.1. The Labute approximate surface area is 143 Å². The molecule has 1 aromatic carbocycles. The lowest BCUT2D eigenvalue weighted by Crippen LogP contribution is -2.35. The summed E-state index contributed by atoms with van der Waals surface area (Å²) in [6, 6.07) is 7.05. The van der Waals surface area contributed by atoms with Crippen LogP contribution < -0.4 is 0 Å². The Morgan fingerprint density at radius 2 is 2.17 bits per heavy atom. The van der Waals surface area contributed by atoms with Crippen LogP contribution in [0.15, 0.2) is 41.7 Å². The Morgan fingerprint density at radius 1 is 1.33 bits per heavy atom. The van der Waals surface area contributed by atoms with Crippen molar-refractivity contribution in [2.45, 2.75) is 31.8 Å². The molecule has 1 aromatic heterocycles. The molecule has 7 heteroatoms. The maximum atomic E-state index is 13.1. The van der Waals surface area contributed by atoms with Gasteiger partial charge in [-0.05, 0) is 31.5 Å². The van der Waals surface area contributed by atoms with Gasteiger partial charge in [0.15, 0.2) is 0 Å². The number of hydrogen-bond acceptors (Lipinski definition) is 4. The largest absolute Gasteiger partial charge is 0.381 e. The van der Waals surface area contributed by atoms with Crippen molar-refractivity contribution in [3.8, 4) is 0 Å². The molecule has 3 rings (SSSR count). The Balaban J connectivity index is 1.93. The van der Waals surface area contributed by atoms with E-state index in [0.29, 0.717) is 31.2 Å². The fraction of sp³-hybridized carbons (Fsp3) is 0.471. The van der Waals surface area contributed by atoms with Crippen LogP contribution in [0.5, 0.6) is 0 Å². The van der Waals surface area contributed by atoms with E-state index in [1.807, 2.05) is 24.5 Å². The zero-order valence-electron chi connectivity index (χ0n) is 14.1. The van der Waals surface area contributed by atoms with Crippen LogP contribution in [-0.4, -0.2) is 42.0 Å². The minimum Gasteiger partial charge on any atom is -0.381 e. The maximum Gasteiger partial charge on any atom is 0.243 e. The van der Waals surface area contributed by atoms with Gasteiger partial charge in [-0.2, -0.15) is 4.31 Å². The zero-order valence-corrected chi connectivity index (χ0v) is 14.9. The van der Waals surface area contributed by atoms with Gasteiger partial charge in [0, 0.05) is 31.8 Å². The number of nitrogens with zero attached hydrogens (tertiary/aromatic N) is 3. The summed E-state index contributed by atoms with van der Waals surface area (Å²) in [4.78, 5) is 4.50. The average molecular weight is 349 g/mol. The van der Waals surface area contributed by atoms with Crippen molar-refractivity contribution >= 4 is 10.0 Å². The van der Waals surface area contributed by atoms with Crippen LogP contribution in [-0.2, 0) is 27.8 Å². The van der Waals surface area contributed by atoms with E-state index in [1.54, 1.807) is 35.0 Å². The molecule has 6 nitrogen and oxygen atoms in total. The van der Waals surface area contributed by atoms with Gasteiger partial charge in [-0.1, -0.05) is 12.1 Å². The van der Waals surface area contributed by atoms with Crippen molar-refractivity contribution in [2.75, 3.05) is 19.8 Å². The van der Waals surface area contributed by atoms with E-state index in [4.69, 9.17) is 4.74 Å².